The Morgan fingerprint density at radius 1 is 0.919 bits per heavy atom. The molecule has 0 spiro atoms. The van der Waals surface area contributed by atoms with Crippen LogP contribution < -0.4 is 14.4 Å². The monoisotopic (exact) mass is 523 g/mol. The molecular formula is C28H33N3O5S. The summed E-state index contributed by atoms with van der Waals surface area (Å²) >= 11 is 0. The lowest BCUT2D eigenvalue weighted by Crippen LogP contribution is -2.52. The first-order chi connectivity index (χ1) is 17.8. The molecule has 1 N–H and O–H groups in total. The smallest absolute Gasteiger partial charge is 0.264 e. The topological polar surface area (TPSA) is 96.0 Å². The Kier molecular flexibility index (Phi) is 9.68. The van der Waals surface area contributed by atoms with Gasteiger partial charge in [-0.3, -0.25) is 13.9 Å². The van der Waals surface area contributed by atoms with Crippen molar-refractivity contribution in [2.75, 3.05) is 31.0 Å². The average molecular weight is 524 g/mol. The van der Waals surface area contributed by atoms with Crippen LogP contribution in [0.1, 0.15) is 19.4 Å². The van der Waals surface area contributed by atoms with Gasteiger partial charge in [0.05, 0.1) is 17.7 Å². The molecule has 0 saturated carbocycles. The number of carbonyl (C=O) groups excluding carboxylic acids is 2. The zero-order valence-corrected chi connectivity index (χ0v) is 22.1. The average Bonchev–Trinajstić information content (AvgIpc) is 2.92. The highest BCUT2D eigenvalue weighted by Crippen LogP contribution is 2.32. The van der Waals surface area contributed by atoms with Gasteiger partial charge in [0.2, 0.25) is 11.8 Å². The zero-order valence-electron chi connectivity index (χ0n) is 21.3. The van der Waals surface area contributed by atoms with Gasteiger partial charge in [0.15, 0.2) is 0 Å². The second kappa shape index (κ2) is 12.9. The molecule has 9 heteroatoms. The number of methoxy groups -OCH3 is 1. The minimum atomic E-state index is -4.13. The number of hydrogen-bond donors (Lipinski definition) is 1. The molecule has 3 aromatic carbocycles. The highest BCUT2D eigenvalue weighted by molar-refractivity contribution is 7.92. The number of ether oxygens (including phenoxy) is 1. The fourth-order valence-electron chi connectivity index (χ4n) is 3.96. The van der Waals surface area contributed by atoms with Gasteiger partial charge in [0.1, 0.15) is 18.3 Å². The number of rotatable bonds is 12. The Morgan fingerprint density at radius 2 is 1.51 bits per heavy atom. The van der Waals surface area contributed by atoms with Gasteiger partial charge in [-0.2, -0.15) is 0 Å². The van der Waals surface area contributed by atoms with E-state index in [4.69, 9.17) is 4.74 Å². The Hall–Kier alpha value is -3.85. The number of hydrogen-bond acceptors (Lipinski definition) is 5. The van der Waals surface area contributed by atoms with Gasteiger partial charge in [0.25, 0.3) is 10.0 Å². The van der Waals surface area contributed by atoms with Crippen molar-refractivity contribution in [2.24, 2.45) is 0 Å². The Morgan fingerprint density at radius 3 is 2.14 bits per heavy atom. The molecule has 0 aliphatic carbocycles. The lowest BCUT2D eigenvalue weighted by Gasteiger charge is -2.32. The van der Waals surface area contributed by atoms with Gasteiger partial charge in [-0.05, 0) is 50.1 Å². The molecule has 0 aliphatic rings. The third-order valence-electron chi connectivity index (χ3n) is 5.97. The van der Waals surface area contributed by atoms with Gasteiger partial charge >= 0.3 is 0 Å². The van der Waals surface area contributed by atoms with Crippen LogP contribution in [0.4, 0.5) is 5.69 Å². The first-order valence-corrected chi connectivity index (χ1v) is 13.6. The van der Waals surface area contributed by atoms with Crippen LogP contribution in [0.2, 0.25) is 0 Å². The lowest BCUT2D eigenvalue weighted by atomic mass is 10.1. The van der Waals surface area contributed by atoms with Crippen molar-refractivity contribution in [3.63, 3.8) is 0 Å². The quantitative estimate of drug-likeness (QED) is 0.392. The van der Waals surface area contributed by atoms with Gasteiger partial charge < -0.3 is 15.0 Å². The van der Waals surface area contributed by atoms with Crippen LogP contribution in [0, 0.1) is 0 Å². The molecule has 0 saturated heterocycles. The minimum Gasteiger partial charge on any atom is -0.495 e. The lowest BCUT2D eigenvalue weighted by molar-refractivity contribution is -0.138. The maximum atomic E-state index is 13.8. The molecule has 196 valence electrons. The number of para-hydroxylation sites is 2. The Bertz CT molecular complexity index is 1280. The zero-order chi connectivity index (χ0) is 26.8. The third-order valence-corrected chi connectivity index (χ3v) is 7.74. The van der Waals surface area contributed by atoms with E-state index in [0.717, 1.165) is 9.87 Å². The second-order valence-electron chi connectivity index (χ2n) is 8.39. The van der Waals surface area contributed by atoms with Crippen molar-refractivity contribution in [1.82, 2.24) is 10.2 Å². The molecule has 3 aromatic rings. The summed E-state index contributed by atoms with van der Waals surface area (Å²) in [5.41, 5.74) is 1.23. The summed E-state index contributed by atoms with van der Waals surface area (Å²) in [5, 5.41) is 2.75. The summed E-state index contributed by atoms with van der Waals surface area (Å²) in [4.78, 5) is 28.0. The van der Waals surface area contributed by atoms with E-state index in [1.165, 1.54) is 24.1 Å². The van der Waals surface area contributed by atoms with E-state index < -0.39 is 28.5 Å². The van der Waals surface area contributed by atoms with Crippen molar-refractivity contribution < 1.29 is 22.7 Å². The third kappa shape index (κ3) is 6.89. The molecule has 0 bridgehead atoms. The molecule has 0 heterocycles. The Balaban J connectivity index is 2.00. The highest BCUT2D eigenvalue weighted by atomic mass is 32.2. The maximum absolute atomic E-state index is 13.8. The van der Waals surface area contributed by atoms with E-state index in [1.807, 2.05) is 30.3 Å². The standard InChI is InChI=1S/C28H33N3O5S/c1-4-29-28(33)22(2)30(20-19-23-13-7-5-8-14-23)27(32)21-31(25-17-11-12-18-26(25)36-3)37(34,35)24-15-9-6-10-16-24/h5-18,22H,4,19-21H2,1-3H3,(H,29,33)/t22-/m0/s1. The van der Waals surface area contributed by atoms with E-state index in [-0.39, 0.29) is 23.0 Å². The summed E-state index contributed by atoms with van der Waals surface area (Å²) in [6.07, 6.45) is 0.510. The number of carbonyl (C=O) groups is 2. The molecular weight excluding hydrogens is 490 g/mol. The molecule has 37 heavy (non-hydrogen) atoms. The fraction of sp³-hybridized carbons (Fsp3) is 0.286. The van der Waals surface area contributed by atoms with Gasteiger partial charge in [-0.1, -0.05) is 60.7 Å². The van der Waals surface area contributed by atoms with Crippen LogP contribution in [0.25, 0.3) is 0 Å². The van der Waals surface area contributed by atoms with Gasteiger partial charge in [-0.25, -0.2) is 8.42 Å². The molecule has 1 atom stereocenters. The fourth-order valence-corrected chi connectivity index (χ4v) is 5.41. The van der Waals surface area contributed by atoms with Gasteiger partial charge in [-0.15, -0.1) is 0 Å². The molecule has 0 aromatic heterocycles. The number of nitrogens with zero attached hydrogens (tertiary/aromatic N) is 2. The number of nitrogens with one attached hydrogen (secondary N) is 1. The van der Waals surface area contributed by atoms with Crippen molar-refractivity contribution in [3.05, 3.63) is 90.5 Å². The molecule has 3 rings (SSSR count). The van der Waals surface area contributed by atoms with Crippen LogP contribution in [0.3, 0.4) is 0 Å². The molecule has 8 nitrogen and oxygen atoms in total. The van der Waals surface area contributed by atoms with E-state index >= 15 is 0 Å². The van der Waals surface area contributed by atoms with Crippen LogP contribution in [-0.4, -0.2) is 57.9 Å². The molecule has 2 amide bonds. The largest absolute Gasteiger partial charge is 0.495 e. The van der Waals surface area contributed by atoms with E-state index in [2.05, 4.69) is 5.32 Å². The summed E-state index contributed by atoms with van der Waals surface area (Å²) in [6.45, 7) is 3.60. The molecule has 0 unspecified atom stereocenters. The van der Waals surface area contributed by atoms with E-state index in [9.17, 15) is 18.0 Å². The molecule has 0 aliphatic heterocycles. The first-order valence-electron chi connectivity index (χ1n) is 12.1. The molecule has 0 fully saturated rings. The predicted molar refractivity (Wildman–Crippen MR) is 144 cm³/mol. The number of sulfonamides is 1. The number of likely N-dealkylation sites (N-methyl/N-ethyl adjacent to an activating group) is 1. The van der Waals surface area contributed by atoms with Crippen LogP contribution in [-0.2, 0) is 26.0 Å². The first kappa shape index (κ1) is 27.7. The van der Waals surface area contributed by atoms with E-state index in [1.54, 1.807) is 56.3 Å². The normalized spacial score (nSPS) is 11.9. The number of benzene rings is 3. The van der Waals surface area contributed by atoms with Crippen molar-refractivity contribution >= 4 is 27.5 Å². The SMILES string of the molecule is CCNC(=O)[C@H](C)N(CCc1ccccc1)C(=O)CN(c1ccccc1OC)S(=O)(=O)c1ccccc1. The Labute approximate surface area is 218 Å². The highest BCUT2D eigenvalue weighted by Gasteiger charge is 2.33. The second-order valence-corrected chi connectivity index (χ2v) is 10.3. The van der Waals surface area contributed by atoms with Crippen LogP contribution in [0.15, 0.2) is 89.8 Å². The summed E-state index contributed by atoms with van der Waals surface area (Å²) < 4.78 is 34.0. The number of anilines is 1. The van der Waals surface area contributed by atoms with Crippen molar-refractivity contribution in [2.45, 2.75) is 31.2 Å². The molecule has 0 radical (unpaired) electrons. The van der Waals surface area contributed by atoms with Gasteiger partial charge in [0, 0.05) is 13.1 Å². The number of amides is 2. The summed E-state index contributed by atoms with van der Waals surface area (Å²) in [7, 11) is -2.69. The minimum absolute atomic E-state index is 0.0429. The summed E-state index contributed by atoms with van der Waals surface area (Å²) in [6, 6.07) is 23.4. The summed E-state index contributed by atoms with van der Waals surface area (Å²) in [5.74, 6) is -0.499. The maximum Gasteiger partial charge on any atom is 0.264 e. The van der Waals surface area contributed by atoms with Crippen LogP contribution in [0.5, 0.6) is 5.75 Å². The predicted octanol–water partition coefficient (Wildman–Crippen LogP) is 3.49. The van der Waals surface area contributed by atoms with Crippen LogP contribution >= 0.6 is 0 Å². The van der Waals surface area contributed by atoms with E-state index in [0.29, 0.717) is 18.7 Å². The van der Waals surface area contributed by atoms with Crippen molar-refractivity contribution in [3.8, 4) is 5.75 Å². The van der Waals surface area contributed by atoms with Crippen molar-refractivity contribution in [1.29, 1.82) is 0 Å².